The third kappa shape index (κ3) is 4.47. The summed E-state index contributed by atoms with van der Waals surface area (Å²) in [5, 5.41) is 2.85. The van der Waals surface area contributed by atoms with Crippen molar-refractivity contribution in [3.8, 4) is 11.5 Å². The first-order valence-electron chi connectivity index (χ1n) is 10.8. The van der Waals surface area contributed by atoms with Crippen molar-refractivity contribution >= 4 is 29.2 Å². The lowest BCUT2D eigenvalue weighted by atomic mass is 9.94. The van der Waals surface area contributed by atoms with Gasteiger partial charge >= 0.3 is 11.9 Å². The van der Waals surface area contributed by atoms with Crippen molar-refractivity contribution < 1.29 is 28.4 Å². The summed E-state index contributed by atoms with van der Waals surface area (Å²) in [6.07, 6.45) is 6.90. The first-order valence-corrected chi connectivity index (χ1v) is 10.8. The molecule has 1 N–H and O–H groups in total. The van der Waals surface area contributed by atoms with Gasteiger partial charge in [0.15, 0.2) is 18.0 Å². The Labute approximate surface area is 197 Å². The number of nitrogens with one attached hydrogen (secondary N) is 1. The molecular formula is C26H26N3O5+. The van der Waals surface area contributed by atoms with E-state index < -0.39 is 17.9 Å². The molecule has 4 amide bonds. The van der Waals surface area contributed by atoms with Gasteiger partial charge in [-0.1, -0.05) is 48.1 Å². The van der Waals surface area contributed by atoms with Crippen molar-refractivity contribution in [3.63, 3.8) is 0 Å². The van der Waals surface area contributed by atoms with Crippen molar-refractivity contribution in [3.05, 3.63) is 77.9 Å². The van der Waals surface area contributed by atoms with E-state index in [2.05, 4.69) is 5.32 Å². The number of allylic oxidation sites excluding steroid dienone is 3. The van der Waals surface area contributed by atoms with E-state index >= 15 is 0 Å². The molecule has 4 rings (SSSR count). The van der Waals surface area contributed by atoms with E-state index in [0.717, 1.165) is 16.0 Å². The third-order valence-electron chi connectivity index (χ3n) is 5.76. The zero-order valence-corrected chi connectivity index (χ0v) is 19.3. The van der Waals surface area contributed by atoms with Crippen molar-refractivity contribution in [2.24, 2.45) is 5.92 Å². The molecule has 174 valence electrons. The molecule has 0 aromatic heterocycles. The topological polar surface area (TPSA) is 88.0 Å². The molecule has 1 atom stereocenters. The van der Waals surface area contributed by atoms with Crippen LogP contribution in [0.1, 0.15) is 11.1 Å². The predicted octanol–water partition coefficient (Wildman–Crippen LogP) is 2.99. The summed E-state index contributed by atoms with van der Waals surface area (Å²) in [5.74, 6) is -0.611. The maximum absolute atomic E-state index is 13.5. The van der Waals surface area contributed by atoms with Gasteiger partial charge in [-0.15, -0.1) is 4.90 Å². The fourth-order valence-electron chi connectivity index (χ4n) is 3.92. The molecule has 1 unspecified atom stereocenters. The van der Waals surface area contributed by atoms with Crippen molar-refractivity contribution in [1.82, 2.24) is 5.32 Å². The Kier molecular flexibility index (Phi) is 6.58. The molecule has 1 heterocycles. The minimum Gasteiger partial charge on any atom is -0.497 e. The second-order valence-corrected chi connectivity index (χ2v) is 7.99. The Balaban J connectivity index is 1.63. The number of aryl methyl sites for hydroxylation is 1. The summed E-state index contributed by atoms with van der Waals surface area (Å²) in [7, 11) is 2.97. The zero-order valence-electron chi connectivity index (χ0n) is 19.3. The molecule has 8 nitrogen and oxygen atoms in total. The largest absolute Gasteiger partial charge is 0.506 e. The maximum atomic E-state index is 13.5. The van der Waals surface area contributed by atoms with Crippen LogP contribution in [0.25, 0.3) is 0 Å². The average molecular weight is 461 g/mol. The number of hydrogen-bond donors (Lipinski definition) is 1. The van der Waals surface area contributed by atoms with Crippen LogP contribution in [-0.2, 0) is 16.1 Å². The predicted molar refractivity (Wildman–Crippen MR) is 127 cm³/mol. The summed E-state index contributed by atoms with van der Waals surface area (Å²) in [6, 6.07) is 12.1. The maximum Gasteiger partial charge on any atom is 0.506 e. The standard InChI is InChI=1S/C26H25N3O5/c1-17-8-10-18(11-9-17)15-27-24(30)16-28-21-7-5-4-6-20(21)25(31)29(26(28)32)22-13-12-19(33-2)14-23(22)34-3/h4-14,20H,15-16H2,1-3H3/p+1. The number of carbonyl (C=O) groups excluding carboxylic acids is 3. The molecule has 0 saturated carbocycles. The lowest BCUT2D eigenvalue weighted by molar-refractivity contribution is -0.417. The molecule has 1 aliphatic carbocycles. The summed E-state index contributed by atoms with van der Waals surface area (Å²) in [4.78, 5) is 40.8. The summed E-state index contributed by atoms with van der Waals surface area (Å²) in [5.41, 5.74) is 2.83. The molecule has 8 heteroatoms. The summed E-state index contributed by atoms with van der Waals surface area (Å²) in [6.45, 7) is 2.11. The van der Waals surface area contributed by atoms with Crippen LogP contribution in [0.4, 0.5) is 10.5 Å². The molecule has 0 bridgehead atoms. The number of carbonyl (C=O) groups is 3. The van der Waals surface area contributed by atoms with Gasteiger partial charge in [-0.3, -0.25) is 4.79 Å². The van der Waals surface area contributed by atoms with Crippen molar-refractivity contribution in [2.45, 2.75) is 13.5 Å². The van der Waals surface area contributed by atoms with E-state index in [4.69, 9.17) is 9.47 Å². The third-order valence-corrected chi connectivity index (χ3v) is 5.76. The summed E-state index contributed by atoms with van der Waals surface area (Å²) < 4.78 is 12.0. The lowest BCUT2D eigenvalue weighted by Gasteiger charge is -2.27. The molecule has 0 radical (unpaired) electrons. The normalized spacial score (nSPS) is 17.0. The molecule has 0 saturated heterocycles. The number of benzene rings is 2. The average Bonchev–Trinajstić information content (AvgIpc) is 2.86. The van der Waals surface area contributed by atoms with Gasteiger partial charge in [-0.25, -0.2) is 4.79 Å². The number of ether oxygens (including phenoxy) is 2. The lowest BCUT2D eigenvalue weighted by Crippen LogP contribution is -2.56. The highest BCUT2D eigenvalue weighted by Crippen LogP contribution is 2.35. The van der Waals surface area contributed by atoms with E-state index in [-0.39, 0.29) is 18.1 Å². The van der Waals surface area contributed by atoms with Crippen LogP contribution < -0.4 is 19.7 Å². The van der Waals surface area contributed by atoms with Gasteiger partial charge in [0, 0.05) is 12.6 Å². The van der Waals surface area contributed by atoms with Gasteiger partial charge < -0.3 is 14.8 Å². The Hall–Kier alpha value is -4.20. The van der Waals surface area contributed by atoms with Gasteiger partial charge in [0.1, 0.15) is 17.4 Å². The van der Waals surface area contributed by atoms with Crippen LogP contribution >= 0.6 is 0 Å². The van der Waals surface area contributed by atoms with Crippen LogP contribution in [0.3, 0.4) is 0 Å². The Morgan fingerprint density at radius 3 is 2.53 bits per heavy atom. The fourth-order valence-corrected chi connectivity index (χ4v) is 3.92. The van der Waals surface area contributed by atoms with Crippen LogP contribution in [0, 0.1) is 12.8 Å². The van der Waals surface area contributed by atoms with Crippen molar-refractivity contribution in [2.75, 3.05) is 25.7 Å². The SMILES string of the molecule is COc1ccc(N2C(=O)C3C=CC=CC3=[N+](CC(=O)NCc3ccc(C)cc3)C2=O)c(OC)c1. The molecular weight excluding hydrogens is 434 g/mol. The Morgan fingerprint density at radius 1 is 1.06 bits per heavy atom. The summed E-state index contributed by atoms with van der Waals surface area (Å²) >= 11 is 0. The second-order valence-electron chi connectivity index (χ2n) is 7.99. The van der Waals surface area contributed by atoms with Crippen LogP contribution in [-0.4, -0.2) is 48.9 Å². The monoisotopic (exact) mass is 460 g/mol. The Bertz CT molecular complexity index is 1230. The smallest absolute Gasteiger partial charge is 0.497 e. The minimum atomic E-state index is -0.695. The van der Waals surface area contributed by atoms with Gasteiger partial charge in [-0.05, 0) is 30.7 Å². The quantitative estimate of drug-likeness (QED) is 0.642. The van der Waals surface area contributed by atoms with E-state index in [1.165, 1.54) is 18.8 Å². The molecule has 34 heavy (non-hydrogen) atoms. The number of fused-ring (bicyclic) bond motifs is 1. The minimum absolute atomic E-state index is 0.225. The number of imide groups is 1. The highest BCUT2D eigenvalue weighted by Gasteiger charge is 2.49. The Morgan fingerprint density at radius 2 is 1.82 bits per heavy atom. The molecule has 1 aliphatic heterocycles. The zero-order chi connectivity index (χ0) is 24.2. The van der Waals surface area contributed by atoms with E-state index in [1.807, 2.05) is 31.2 Å². The number of methoxy groups -OCH3 is 2. The first-order chi connectivity index (χ1) is 16.4. The number of hydrogen-bond acceptors (Lipinski definition) is 5. The van der Waals surface area contributed by atoms with Gasteiger partial charge in [0.2, 0.25) is 0 Å². The highest BCUT2D eigenvalue weighted by molar-refractivity contribution is 6.26. The molecule has 0 fully saturated rings. The van der Waals surface area contributed by atoms with E-state index in [1.54, 1.807) is 42.5 Å². The van der Waals surface area contributed by atoms with Crippen molar-refractivity contribution in [1.29, 1.82) is 0 Å². The molecule has 2 aliphatic rings. The molecule has 0 spiro atoms. The first kappa shape index (κ1) is 23.0. The van der Waals surface area contributed by atoms with Gasteiger partial charge in [-0.2, -0.15) is 9.37 Å². The fraction of sp³-hybridized carbons (Fsp3) is 0.231. The van der Waals surface area contributed by atoms with Crippen LogP contribution in [0.15, 0.2) is 66.8 Å². The van der Waals surface area contributed by atoms with Crippen LogP contribution in [0.2, 0.25) is 0 Å². The number of nitrogens with zero attached hydrogens (tertiary/aromatic N) is 2. The van der Waals surface area contributed by atoms with Gasteiger partial charge in [0.05, 0.1) is 14.2 Å². The number of rotatable bonds is 7. The highest BCUT2D eigenvalue weighted by atomic mass is 16.5. The van der Waals surface area contributed by atoms with Crippen LogP contribution in [0.5, 0.6) is 11.5 Å². The second kappa shape index (κ2) is 9.74. The number of amides is 4. The molecule has 2 aromatic rings. The number of urea groups is 1. The van der Waals surface area contributed by atoms with Gasteiger partial charge in [0.25, 0.3) is 5.91 Å². The molecule has 2 aromatic carbocycles. The van der Waals surface area contributed by atoms with E-state index in [0.29, 0.717) is 23.8 Å². The van der Waals surface area contributed by atoms with E-state index in [9.17, 15) is 14.4 Å². The number of anilines is 1.